The molecule has 0 bridgehead atoms. The van der Waals surface area contributed by atoms with Crippen LogP contribution in [0.25, 0.3) is 11.0 Å². The molecule has 1 saturated carbocycles. The summed E-state index contributed by atoms with van der Waals surface area (Å²) in [5, 5.41) is 0.777. The van der Waals surface area contributed by atoms with Crippen molar-refractivity contribution in [2.45, 2.75) is 19.4 Å². The van der Waals surface area contributed by atoms with Crippen LogP contribution in [-0.2, 0) is 0 Å². The molecule has 2 nitrogen and oxygen atoms in total. The van der Waals surface area contributed by atoms with Gasteiger partial charge in [-0.1, -0.05) is 24.6 Å². The van der Waals surface area contributed by atoms with Crippen LogP contribution in [0.2, 0.25) is 5.02 Å². The highest BCUT2D eigenvalue weighted by Gasteiger charge is 2.36. The largest absolute Gasteiger partial charge is 0.331 e. The van der Waals surface area contributed by atoms with Crippen LogP contribution in [0.3, 0.4) is 0 Å². The van der Waals surface area contributed by atoms with Crippen molar-refractivity contribution in [2.24, 2.45) is 5.92 Å². The van der Waals surface area contributed by atoms with Gasteiger partial charge in [0.25, 0.3) is 0 Å². The van der Waals surface area contributed by atoms with E-state index < -0.39 is 0 Å². The van der Waals surface area contributed by atoms with Crippen molar-refractivity contribution in [1.82, 2.24) is 9.55 Å². The Kier molecular flexibility index (Phi) is 1.94. The van der Waals surface area contributed by atoms with Gasteiger partial charge >= 0.3 is 0 Å². The monoisotopic (exact) mass is 238 g/mol. The van der Waals surface area contributed by atoms with Gasteiger partial charge in [0.1, 0.15) is 0 Å². The lowest BCUT2D eigenvalue weighted by molar-refractivity contribution is 0.695. The topological polar surface area (TPSA) is 20.7 Å². The average Bonchev–Trinajstić information content (AvgIpc) is 2.77. The minimum Gasteiger partial charge on any atom is -0.331 e. The number of para-hydroxylation sites is 1. The smallest absolute Gasteiger partial charge is 0.178 e. The first-order valence-corrected chi connectivity index (χ1v) is 5.86. The molecule has 2 aromatic rings. The van der Waals surface area contributed by atoms with Crippen LogP contribution < -0.4 is 0 Å². The molecule has 1 fully saturated rings. The van der Waals surface area contributed by atoms with Gasteiger partial charge in [-0.2, -0.15) is 0 Å². The number of imidazole rings is 1. The van der Waals surface area contributed by atoms with Gasteiger partial charge in [-0.25, -0.2) is 0 Å². The predicted octanol–water partition coefficient (Wildman–Crippen LogP) is 3.93. The number of hydrogen-bond acceptors (Lipinski definition) is 1. The number of halogens is 1. The summed E-state index contributed by atoms with van der Waals surface area (Å²) in [6, 6.07) is 6.40. The highest BCUT2D eigenvalue weighted by atomic mass is 35.5. The predicted molar refractivity (Wildman–Crippen MR) is 65.0 cm³/mol. The van der Waals surface area contributed by atoms with Gasteiger partial charge in [-0.15, -0.1) is 0 Å². The zero-order chi connectivity index (χ0) is 10.6. The van der Waals surface area contributed by atoms with E-state index in [0.717, 1.165) is 20.8 Å². The van der Waals surface area contributed by atoms with Crippen molar-refractivity contribution in [3.05, 3.63) is 28.0 Å². The minimum absolute atomic E-state index is 0.533. The SMILES string of the molecule is CC1CC1n1c(=S)[nH]c2cccc(Cl)c21. The Balaban J connectivity index is 2.36. The van der Waals surface area contributed by atoms with Gasteiger partial charge in [0.05, 0.1) is 16.1 Å². The number of benzene rings is 1. The molecule has 0 spiro atoms. The summed E-state index contributed by atoms with van der Waals surface area (Å²) >= 11 is 11.5. The van der Waals surface area contributed by atoms with Gasteiger partial charge in [0.15, 0.2) is 4.77 Å². The molecule has 4 heteroatoms. The third-order valence-corrected chi connectivity index (χ3v) is 3.69. The Morgan fingerprint density at radius 3 is 2.93 bits per heavy atom. The van der Waals surface area contributed by atoms with Gasteiger partial charge < -0.3 is 9.55 Å². The number of rotatable bonds is 1. The molecule has 1 aliphatic carbocycles. The van der Waals surface area contributed by atoms with Crippen molar-refractivity contribution >= 4 is 34.9 Å². The maximum atomic E-state index is 6.21. The molecular weight excluding hydrogens is 228 g/mol. The van der Waals surface area contributed by atoms with Crippen LogP contribution in [0, 0.1) is 10.7 Å². The van der Waals surface area contributed by atoms with E-state index in [9.17, 15) is 0 Å². The number of hydrogen-bond donors (Lipinski definition) is 1. The van der Waals surface area contributed by atoms with Crippen molar-refractivity contribution in [3.8, 4) is 0 Å². The molecule has 0 radical (unpaired) electrons. The summed E-state index contributed by atoms with van der Waals surface area (Å²) in [4.78, 5) is 3.20. The molecule has 1 aliphatic rings. The van der Waals surface area contributed by atoms with Crippen LogP contribution in [0.5, 0.6) is 0 Å². The molecule has 2 unspecified atom stereocenters. The lowest BCUT2D eigenvalue weighted by atomic mass is 10.3. The van der Waals surface area contributed by atoms with E-state index in [4.69, 9.17) is 23.8 Å². The van der Waals surface area contributed by atoms with E-state index >= 15 is 0 Å². The fourth-order valence-electron chi connectivity index (χ4n) is 2.12. The summed E-state index contributed by atoms with van der Waals surface area (Å²) in [5.41, 5.74) is 2.09. The number of nitrogens with one attached hydrogen (secondary N) is 1. The fourth-order valence-corrected chi connectivity index (χ4v) is 2.72. The Hall–Kier alpha value is -0.800. The van der Waals surface area contributed by atoms with Crippen LogP contribution in [-0.4, -0.2) is 9.55 Å². The van der Waals surface area contributed by atoms with E-state index in [0.29, 0.717) is 12.0 Å². The van der Waals surface area contributed by atoms with Crippen LogP contribution in [0.15, 0.2) is 18.2 Å². The second kappa shape index (κ2) is 3.09. The molecule has 0 amide bonds. The Labute approximate surface area is 97.9 Å². The van der Waals surface area contributed by atoms with E-state index in [1.54, 1.807) is 0 Å². The first-order valence-electron chi connectivity index (χ1n) is 5.07. The average molecular weight is 239 g/mol. The minimum atomic E-state index is 0.533. The van der Waals surface area contributed by atoms with E-state index in [-0.39, 0.29) is 0 Å². The van der Waals surface area contributed by atoms with Gasteiger partial charge in [-0.3, -0.25) is 0 Å². The Bertz CT molecular complexity index is 584. The summed E-state index contributed by atoms with van der Waals surface area (Å²) in [5.74, 6) is 0.715. The zero-order valence-electron chi connectivity index (χ0n) is 8.33. The lowest BCUT2D eigenvalue weighted by Gasteiger charge is -2.03. The second-order valence-corrected chi connectivity index (χ2v) is 5.01. The molecule has 0 saturated heterocycles. The fraction of sp³-hybridized carbons (Fsp3) is 0.364. The van der Waals surface area contributed by atoms with Crippen LogP contribution in [0.4, 0.5) is 0 Å². The molecule has 1 aromatic heterocycles. The second-order valence-electron chi connectivity index (χ2n) is 4.22. The third-order valence-electron chi connectivity index (χ3n) is 3.09. The Morgan fingerprint density at radius 1 is 1.53 bits per heavy atom. The highest BCUT2D eigenvalue weighted by molar-refractivity contribution is 7.71. The van der Waals surface area contributed by atoms with Crippen molar-refractivity contribution in [2.75, 3.05) is 0 Å². The maximum Gasteiger partial charge on any atom is 0.178 e. The summed E-state index contributed by atoms with van der Waals surface area (Å²) in [6.45, 7) is 2.24. The standard InChI is InChI=1S/C11H11ClN2S/c1-6-5-9(6)14-10-7(12)3-2-4-8(10)13-11(14)15/h2-4,6,9H,5H2,1H3,(H,13,15). The lowest BCUT2D eigenvalue weighted by Crippen LogP contribution is -1.95. The van der Waals surface area contributed by atoms with Crippen molar-refractivity contribution in [3.63, 3.8) is 0 Å². The van der Waals surface area contributed by atoms with E-state index in [1.165, 1.54) is 6.42 Å². The summed E-state index contributed by atoms with van der Waals surface area (Å²) in [6.07, 6.45) is 1.20. The highest BCUT2D eigenvalue weighted by Crippen LogP contribution is 2.45. The first kappa shape index (κ1) is 9.43. The summed E-state index contributed by atoms with van der Waals surface area (Å²) < 4.78 is 2.95. The maximum absolute atomic E-state index is 6.21. The number of H-pyrrole nitrogens is 1. The quantitative estimate of drug-likeness (QED) is 0.747. The number of aromatic nitrogens is 2. The summed E-state index contributed by atoms with van der Waals surface area (Å²) in [7, 11) is 0. The molecule has 0 aliphatic heterocycles. The molecule has 2 atom stereocenters. The third kappa shape index (κ3) is 1.34. The molecular formula is C11H11ClN2S. The van der Waals surface area contributed by atoms with Gasteiger partial charge in [0, 0.05) is 6.04 Å². The number of aromatic amines is 1. The van der Waals surface area contributed by atoms with E-state index in [2.05, 4.69) is 16.5 Å². The molecule has 1 heterocycles. The molecule has 3 rings (SSSR count). The first-order chi connectivity index (χ1) is 7.18. The number of nitrogens with zero attached hydrogens (tertiary/aromatic N) is 1. The molecule has 78 valence electrons. The zero-order valence-corrected chi connectivity index (χ0v) is 9.90. The molecule has 1 N–H and O–H groups in total. The van der Waals surface area contributed by atoms with Crippen molar-refractivity contribution < 1.29 is 0 Å². The Morgan fingerprint density at radius 2 is 2.27 bits per heavy atom. The van der Waals surface area contributed by atoms with Crippen LogP contribution >= 0.6 is 23.8 Å². The van der Waals surface area contributed by atoms with E-state index in [1.807, 2.05) is 18.2 Å². The van der Waals surface area contributed by atoms with Gasteiger partial charge in [0.2, 0.25) is 0 Å². The van der Waals surface area contributed by atoms with Gasteiger partial charge in [-0.05, 0) is 36.7 Å². The number of fused-ring (bicyclic) bond motifs is 1. The molecule has 15 heavy (non-hydrogen) atoms. The molecule has 1 aromatic carbocycles. The van der Waals surface area contributed by atoms with Crippen LogP contribution in [0.1, 0.15) is 19.4 Å². The van der Waals surface area contributed by atoms with Crippen molar-refractivity contribution in [1.29, 1.82) is 0 Å². The normalized spacial score (nSPS) is 24.7.